The number of anilines is 1. The van der Waals surface area contributed by atoms with Crippen molar-refractivity contribution in [3.05, 3.63) is 48.0 Å². The summed E-state index contributed by atoms with van der Waals surface area (Å²) in [6.07, 6.45) is 4.51. The van der Waals surface area contributed by atoms with E-state index in [9.17, 15) is 13.2 Å². The molecule has 0 saturated heterocycles. The zero-order chi connectivity index (χ0) is 21.1. The first-order chi connectivity index (χ1) is 14.5. The predicted molar refractivity (Wildman–Crippen MR) is 114 cm³/mol. The van der Waals surface area contributed by atoms with Crippen molar-refractivity contribution in [1.29, 1.82) is 0 Å². The first kappa shape index (κ1) is 20.7. The van der Waals surface area contributed by atoms with Crippen molar-refractivity contribution in [2.24, 2.45) is 0 Å². The molecule has 2 aliphatic rings. The van der Waals surface area contributed by atoms with Crippen LogP contribution >= 0.6 is 0 Å². The smallest absolute Gasteiger partial charge is 0.264 e. The number of para-hydroxylation sites is 2. The SMILES string of the molecule is COc1ccccc1OCC(=O)N1CCc2cc(S(=O)(=O)NC3CCCC3)ccc21. The van der Waals surface area contributed by atoms with E-state index in [1.54, 1.807) is 42.3 Å². The fourth-order valence-corrected chi connectivity index (χ4v) is 5.45. The Morgan fingerprint density at radius 1 is 1.13 bits per heavy atom. The molecule has 0 aromatic heterocycles. The number of methoxy groups -OCH3 is 1. The molecule has 1 aliphatic heterocycles. The minimum atomic E-state index is -3.55. The van der Waals surface area contributed by atoms with Crippen LogP contribution in [0.5, 0.6) is 11.5 Å². The number of ether oxygens (including phenoxy) is 2. The van der Waals surface area contributed by atoms with Gasteiger partial charge in [0.15, 0.2) is 18.1 Å². The van der Waals surface area contributed by atoms with Crippen LogP contribution in [0.4, 0.5) is 5.69 Å². The lowest BCUT2D eigenvalue weighted by Gasteiger charge is -2.19. The highest BCUT2D eigenvalue weighted by atomic mass is 32.2. The van der Waals surface area contributed by atoms with Crippen LogP contribution < -0.4 is 19.1 Å². The lowest BCUT2D eigenvalue weighted by Crippen LogP contribution is -2.33. The standard InChI is InChI=1S/C22H26N2O5S/c1-28-20-8-4-5-9-21(20)29-15-22(25)24-13-12-16-14-18(10-11-19(16)24)30(26,27)23-17-6-2-3-7-17/h4-5,8-11,14,17,23H,2-3,6-7,12-13,15H2,1H3. The summed E-state index contributed by atoms with van der Waals surface area (Å²) in [5, 5.41) is 0. The van der Waals surface area contributed by atoms with Gasteiger partial charge in [-0.25, -0.2) is 13.1 Å². The maximum atomic E-state index is 12.7. The molecule has 2 aromatic carbocycles. The quantitative estimate of drug-likeness (QED) is 0.730. The summed E-state index contributed by atoms with van der Waals surface area (Å²) in [6.45, 7) is 0.381. The summed E-state index contributed by atoms with van der Waals surface area (Å²) in [5.74, 6) is 0.892. The van der Waals surface area contributed by atoms with Gasteiger partial charge in [0.1, 0.15) is 0 Å². The first-order valence-electron chi connectivity index (χ1n) is 10.2. The number of hydrogen-bond acceptors (Lipinski definition) is 5. The van der Waals surface area contributed by atoms with Crippen molar-refractivity contribution >= 4 is 21.6 Å². The van der Waals surface area contributed by atoms with Crippen LogP contribution in [0.3, 0.4) is 0 Å². The Bertz CT molecular complexity index is 1030. The van der Waals surface area contributed by atoms with Crippen molar-refractivity contribution in [3.63, 3.8) is 0 Å². The third-order valence-electron chi connectivity index (χ3n) is 5.66. The van der Waals surface area contributed by atoms with E-state index in [0.717, 1.165) is 36.9 Å². The maximum Gasteiger partial charge on any atom is 0.264 e. The van der Waals surface area contributed by atoms with Gasteiger partial charge in [-0.1, -0.05) is 25.0 Å². The highest BCUT2D eigenvalue weighted by Gasteiger charge is 2.28. The second-order valence-corrected chi connectivity index (χ2v) is 9.34. The number of carbonyl (C=O) groups is 1. The average molecular weight is 431 g/mol. The topological polar surface area (TPSA) is 84.9 Å². The molecule has 1 aliphatic carbocycles. The lowest BCUT2D eigenvalue weighted by atomic mass is 10.2. The fraction of sp³-hybridized carbons (Fsp3) is 0.409. The van der Waals surface area contributed by atoms with Crippen LogP contribution in [-0.2, 0) is 21.2 Å². The van der Waals surface area contributed by atoms with Gasteiger partial charge in [0.25, 0.3) is 5.91 Å². The van der Waals surface area contributed by atoms with Gasteiger partial charge in [-0.05, 0) is 55.2 Å². The Hall–Kier alpha value is -2.58. The normalized spacial score (nSPS) is 16.5. The average Bonchev–Trinajstić information content (AvgIpc) is 3.41. The molecular weight excluding hydrogens is 404 g/mol. The van der Waals surface area contributed by atoms with Gasteiger partial charge in [0, 0.05) is 18.3 Å². The van der Waals surface area contributed by atoms with E-state index >= 15 is 0 Å². The molecule has 0 unspecified atom stereocenters. The Morgan fingerprint density at radius 3 is 2.60 bits per heavy atom. The number of hydrogen-bond donors (Lipinski definition) is 1. The third kappa shape index (κ3) is 4.29. The van der Waals surface area contributed by atoms with E-state index in [-0.39, 0.29) is 23.5 Å². The maximum absolute atomic E-state index is 12.7. The van der Waals surface area contributed by atoms with Crippen LogP contribution in [0, 0.1) is 0 Å². The van der Waals surface area contributed by atoms with E-state index in [2.05, 4.69) is 4.72 Å². The number of fused-ring (bicyclic) bond motifs is 1. The van der Waals surface area contributed by atoms with Crippen molar-refractivity contribution in [2.45, 2.75) is 43.0 Å². The van der Waals surface area contributed by atoms with Crippen molar-refractivity contribution < 1.29 is 22.7 Å². The van der Waals surface area contributed by atoms with E-state index in [4.69, 9.17) is 9.47 Å². The molecule has 1 fully saturated rings. The summed E-state index contributed by atoms with van der Waals surface area (Å²) in [7, 11) is -2.00. The molecule has 0 spiro atoms. The molecule has 1 N–H and O–H groups in total. The number of nitrogens with one attached hydrogen (secondary N) is 1. The highest BCUT2D eigenvalue weighted by molar-refractivity contribution is 7.89. The van der Waals surface area contributed by atoms with Crippen molar-refractivity contribution in [1.82, 2.24) is 4.72 Å². The van der Waals surface area contributed by atoms with E-state index in [1.807, 2.05) is 12.1 Å². The van der Waals surface area contributed by atoms with Gasteiger partial charge in [0.2, 0.25) is 10.0 Å². The number of amides is 1. The minimum absolute atomic E-state index is 0.0217. The number of rotatable bonds is 7. The van der Waals surface area contributed by atoms with Crippen LogP contribution in [0.25, 0.3) is 0 Å². The molecule has 0 atom stereocenters. The van der Waals surface area contributed by atoms with E-state index < -0.39 is 10.0 Å². The molecule has 0 radical (unpaired) electrons. The number of nitrogens with zero attached hydrogens (tertiary/aromatic N) is 1. The molecule has 1 heterocycles. The van der Waals surface area contributed by atoms with Crippen LogP contribution in [-0.4, -0.2) is 40.6 Å². The summed E-state index contributed by atoms with van der Waals surface area (Å²) in [4.78, 5) is 14.6. The van der Waals surface area contributed by atoms with E-state index in [0.29, 0.717) is 24.5 Å². The Balaban J connectivity index is 1.44. The van der Waals surface area contributed by atoms with Crippen LogP contribution in [0.2, 0.25) is 0 Å². The molecule has 1 saturated carbocycles. The molecule has 160 valence electrons. The van der Waals surface area contributed by atoms with E-state index in [1.165, 1.54) is 0 Å². The number of carbonyl (C=O) groups excluding carboxylic acids is 1. The molecule has 7 nitrogen and oxygen atoms in total. The van der Waals surface area contributed by atoms with Gasteiger partial charge in [-0.15, -0.1) is 0 Å². The van der Waals surface area contributed by atoms with Gasteiger partial charge in [-0.2, -0.15) is 0 Å². The zero-order valence-electron chi connectivity index (χ0n) is 17.0. The predicted octanol–water partition coefficient (Wildman–Crippen LogP) is 2.88. The summed E-state index contributed by atoms with van der Waals surface area (Å²) in [6, 6.07) is 12.2. The molecular formula is C22H26N2O5S. The second kappa shape index (κ2) is 8.65. The summed E-state index contributed by atoms with van der Waals surface area (Å²) in [5.41, 5.74) is 1.60. The van der Waals surface area contributed by atoms with Gasteiger partial charge in [0.05, 0.1) is 12.0 Å². The third-order valence-corrected chi connectivity index (χ3v) is 7.17. The second-order valence-electron chi connectivity index (χ2n) is 7.63. The molecule has 30 heavy (non-hydrogen) atoms. The molecule has 1 amide bonds. The van der Waals surface area contributed by atoms with Crippen LogP contribution in [0.1, 0.15) is 31.2 Å². The molecule has 0 bridgehead atoms. The van der Waals surface area contributed by atoms with Crippen LogP contribution in [0.15, 0.2) is 47.4 Å². The zero-order valence-corrected chi connectivity index (χ0v) is 17.8. The monoisotopic (exact) mass is 430 g/mol. The Morgan fingerprint density at radius 2 is 1.87 bits per heavy atom. The number of benzene rings is 2. The molecule has 8 heteroatoms. The fourth-order valence-electron chi connectivity index (χ4n) is 4.09. The summed E-state index contributed by atoms with van der Waals surface area (Å²) < 4.78 is 39.1. The largest absolute Gasteiger partial charge is 0.493 e. The minimum Gasteiger partial charge on any atom is -0.493 e. The van der Waals surface area contributed by atoms with Gasteiger partial charge < -0.3 is 14.4 Å². The summed E-state index contributed by atoms with van der Waals surface area (Å²) >= 11 is 0. The lowest BCUT2D eigenvalue weighted by molar-refractivity contribution is -0.120. The Kier molecular flexibility index (Phi) is 5.97. The van der Waals surface area contributed by atoms with Gasteiger partial charge >= 0.3 is 0 Å². The molecule has 4 rings (SSSR count). The first-order valence-corrected chi connectivity index (χ1v) is 11.7. The number of sulfonamides is 1. The molecule has 2 aromatic rings. The van der Waals surface area contributed by atoms with Crippen molar-refractivity contribution in [3.8, 4) is 11.5 Å². The Labute approximate surface area is 177 Å². The van der Waals surface area contributed by atoms with Gasteiger partial charge in [-0.3, -0.25) is 4.79 Å². The van der Waals surface area contributed by atoms with Crippen molar-refractivity contribution in [2.75, 3.05) is 25.2 Å². The highest BCUT2D eigenvalue weighted by Crippen LogP contribution is 2.31.